The molecule has 3 heterocycles. The second-order valence-corrected chi connectivity index (χ2v) is 7.52. The lowest BCUT2D eigenvalue weighted by Gasteiger charge is -2.33. The fourth-order valence-electron chi connectivity index (χ4n) is 3.40. The second-order valence-electron chi connectivity index (χ2n) is 6.74. The predicted molar refractivity (Wildman–Crippen MR) is 96.0 cm³/mol. The highest BCUT2D eigenvalue weighted by Gasteiger charge is 2.39. The van der Waals surface area contributed by atoms with Crippen molar-refractivity contribution in [2.24, 2.45) is 11.8 Å². The van der Waals surface area contributed by atoms with Crippen LogP contribution in [0.3, 0.4) is 0 Å². The van der Waals surface area contributed by atoms with E-state index in [0.29, 0.717) is 18.4 Å². The molecule has 156 valence electrons. The molecule has 2 atom stereocenters. The summed E-state index contributed by atoms with van der Waals surface area (Å²) in [6.45, 7) is 4.04. The molecule has 2 N–H and O–H groups in total. The van der Waals surface area contributed by atoms with E-state index in [2.05, 4.69) is 10.2 Å². The SMILES string of the molecule is CNC(=O)CN1CC[C@H]2CN(C(=O)c3ccsc3)C[C@H]2C1.O=C(O)C(F)(F)F. The van der Waals surface area contributed by atoms with Gasteiger partial charge in [0, 0.05) is 32.1 Å². The molecule has 7 nitrogen and oxygen atoms in total. The van der Waals surface area contributed by atoms with E-state index >= 15 is 0 Å². The Hall–Kier alpha value is -2.14. The maximum atomic E-state index is 12.4. The van der Waals surface area contributed by atoms with Gasteiger partial charge in [-0.15, -0.1) is 0 Å². The minimum absolute atomic E-state index is 0.0673. The van der Waals surface area contributed by atoms with Crippen LogP contribution in [0.1, 0.15) is 16.8 Å². The van der Waals surface area contributed by atoms with Gasteiger partial charge >= 0.3 is 12.1 Å². The molecular formula is C17H22F3N3O4S. The van der Waals surface area contributed by atoms with Gasteiger partial charge in [0.05, 0.1) is 12.1 Å². The molecule has 0 aliphatic carbocycles. The lowest BCUT2D eigenvalue weighted by Crippen LogP contribution is -2.44. The normalized spacial score (nSPS) is 22.1. The Kier molecular flexibility index (Phi) is 7.41. The molecule has 0 unspecified atom stereocenters. The number of rotatable bonds is 3. The van der Waals surface area contributed by atoms with Gasteiger partial charge in [0.25, 0.3) is 5.91 Å². The Bertz CT molecular complexity index is 696. The lowest BCUT2D eigenvalue weighted by atomic mass is 9.89. The average molecular weight is 421 g/mol. The number of hydrogen-bond acceptors (Lipinski definition) is 5. The number of likely N-dealkylation sites (tertiary alicyclic amines) is 2. The van der Waals surface area contributed by atoms with Gasteiger partial charge in [-0.2, -0.15) is 24.5 Å². The number of amides is 2. The van der Waals surface area contributed by atoms with Crippen LogP contribution in [0, 0.1) is 11.8 Å². The largest absolute Gasteiger partial charge is 0.490 e. The van der Waals surface area contributed by atoms with Crippen molar-refractivity contribution in [3.8, 4) is 0 Å². The molecule has 11 heteroatoms. The van der Waals surface area contributed by atoms with Gasteiger partial charge in [-0.05, 0) is 36.2 Å². The number of alkyl halides is 3. The molecule has 2 aliphatic heterocycles. The smallest absolute Gasteiger partial charge is 0.475 e. The lowest BCUT2D eigenvalue weighted by molar-refractivity contribution is -0.192. The summed E-state index contributed by atoms with van der Waals surface area (Å²) in [7, 11) is 1.67. The van der Waals surface area contributed by atoms with Crippen LogP contribution < -0.4 is 5.32 Å². The summed E-state index contributed by atoms with van der Waals surface area (Å²) in [5, 5.41) is 13.7. The number of piperidine rings is 1. The van der Waals surface area contributed by atoms with Gasteiger partial charge in [0.1, 0.15) is 0 Å². The van der Waals surface area contributed by atoms with Crippen LogP contribution in [0.15, 0.2) is 16.8 Å². The molecule has 0 aromatic carbocycles. The maximum Gasteiger partial charge on any atom is 0.490 e. The second kappa shape index (κ2) is 9.37. The number of carbonyl (C=O) groups excluding carboxylic acids is 2. The number of carboxylic acid groups (broad SMARTS) is 1. The number of nitrogens with one attached hydrogen (secondary N) is 1. The average Bonchev–Trinajstić information content (AvgIpc) is 3.30. The van der Waals surface area contributed by atoms with Crippen molar-refractivity contribution in [3.05, 3.63) is 22.4 Å². The Labute approximate surface area is 164 Å². The first-order chi connectivity index (χ1) is 13.1. The number of likely N-dealkylation sites (N-methyl/N-ethyl adjacent to an activating group) is 1. The van der Waals surface area contributed by atoms with Crippen LogP contribution in [-0.4, -0.2) is 78.6 Å². The molecule has 0 bridgehead atoms. The van der Waals surface area contributed by atoms with Crippen LogP contribution >= 0.6 is 11.3 Å². The monoisotopic (exact) mass is 421 g/mol. The number of thiophene rings is 1. The molecular weight excluding hydrogens is 399 g/mol. The maximum absolute atomic E-state index is 12.4. The predicted octanol–water partition coefficient (Wildman–Crippen LogP) is 1.52. The van der Waals surface area contributed by atoms with Gasteiger partial charge in [0.2, 0.25) is 5.91 Å². The molecule has 2 amide bonds. The summed E-state index contributed by atoms with van der Waals surface area (Å²) in [5.41, 5.74) is 0.806. The minimum atomic E-state index is -5.08. The van der Waals surface area contributed by atoms with Crippen LogP contribution in [0.2, 0.25) is 0 Å². The third-order valence-corrected chi connectivity index (χ3v) is 5.51. The number of aliphatic carboxylic acids is 1. The molecule has 3 rings (SSSR count). The highest BCUT2D eigenvalue weighted by molar-refractivity contribution is 7.08. The van der Waals surface area contributed by atoms with E-state index in [1.165, 1.54) is 0 Å². The first-order valence-corrected chi connectivity index (χ1v) is 9.60. The molecule has 2 saturated heterocycles. The van der Waals surface area contributed by atoms with Crippen molar-refractivity contribution in [3.63, 3.8) is 0 Å². The number of fused-ring (bicyclic) bond motifs is 1. The molecule has 1 aromatic heterocycles. The van der Waals surface area contributed by atoms with Crippen molar-refractivity contribution >= 4 is 29.1 Å². The number of hydrogen-bond donors (Lipinski definition) is 2. The zero-order valence-electron chi connectivity index (χ0n) is 15.2. The summed E-state index contributed by atoms with van der Waals surface area (Å²) in [6, 6.07) is 1.90. The Morgan fingerprint density at radius 3 is 2.43 bits per heavy atom. The van der Waals surface area contributed by atoms with Crippen LogP contribution in [0.25, 0.3) is 0 Å². The molecule has 0 spiro atoms. The first-order valence-electron chi connectivity index (χ1n) is 8.66. The van der Waals surface area contributed by atoms with Gasteiger partial charge in [-0.3, -0.25) is 14.5 Å². The highest BCUT2D eigenvalue weighted by atomic mass is 32.1. The summed E-state index contributed by atoms with van der Waals surface area (Å²) in [6.07, 6.45) is -4.00. The highest BCUT2D eigenvalue weighted by Crippen LogP contribution is 2.32. The summed E-state index contributed by atoms with van der Waals surface area (Å²) >= 11 is 1.56. The van der Waals surface area contributed by atoms with Crippen LogP contribution in [-0.2, 0) is 9.59 Å². The first kappa shape index (κ1) is 22.2. The molecule has 0 radical (unpaired) electrons. The molecule has 2 fully saturated rings. The van der Waals surface area contributed by atoms with E-state index in [1.54, 1.807) is 18.4 Å². The number of carbonyl (C=O) groups is 3. The van der Waals surface area contributed by atoms with Crippen molar-refractivity contribution in [1.29, 1.82) is 0 Å². The summed E-state index contributed by atoms with van der Waals surface area (Å²) in [4.78, 5) is 37.0. The van der Waals surface area contributed by atoms with Gasteiger partial charge in [-0.1, -0.05) is 0 Å². The van der Waals surface area contributed by atoms with Crippen LogP contribution in [0.4, 0.5) is 13.2 Å². The molecule has 2 aliphatic rings. The van der Waals surface area contributed by atoms with E-state index in [9.17, 15) is 22.8 Å². The standard InChI is InChI=1S/C15H21N3O2S.C2HF3O2/c1-16-14(19)9-17-4-2-11-7-18(8-13(11)6-17)15(20)12-3-5-21-10-12;3-2(4,5)1(6)7/h3,5,10-11,13H,2,4,6-9H2,1H3,(H,16,19);(H,6,7)/t11-,13+;/m0./s1. The van der Waals surface area contributed by atoms with E-state index in [0.717, 1.165) is 38.2 Å². The topological polar surface area (TPSA) is 90.0 Å². The molecule has 28 heavy (non-hydrogen) atoms. The number of nitrogens with zero attached hydrogens (tertiary/aromatic N) is 2. The zero-order chi connectivity index (χ0) is 20.9. The number of carboxylic acids is 1. The van der Waals surface area contributed by atoms with E-state index in [1.807, 2.05) is 21.7 Å². The Morgan fingerprint density at radius 2 is 1.89 bits per heavy atom. The molecule has 1 aromatic rings. The third-order valence-electron chi connectivity index (χ3n) is 4.83. The molecule has 0 saturated carbocycles. The summed E-state index contributed by atoms with van der Waals surface area (Å²) < 4.78 is 31.7. The van der Waals surface area contributed by atoms with Gasteiger partial charge < -0.3 is 15.3 Å². The quantitative estimate of drug-likeness (QED) is 0.773. The van der Waals surface area contributed by atoms with Crippen molar-refractivity contribution in [1.82, 2.24) is 15.1 Å². The van der Waals surface area contributed by atoms with Gasteiger partial charge in [-0.25, -0.2) is 4.79 Å². The van der Waals surface area contributed by atoms with Gasteiger partial charge in [0.15, 0.2) is 0 Å². The minimum Gasteiger partial charge on any atom is -0.475 e. The summed E-state index contributed by atoms with van der Waals surface area (Å²) in [5.74, 6) is -1.44. The van der Waals surface area contributed by atoms with E-state index < -0.39 is 12.1 Å². The van der Waals surface area contributed by atoms with Crippen molar-refractivity contribution < 1.29 is 32.7 Å². The van der Waals surface area contributed by atoms with E-state index in [4.69, 9.17) is 9.90 Å². The fraction of sp³-hybridized carbons (Fsp3) is 0.588. The zero-order valence-corrected chi connectivity index (χ0v) is 16.1. The third kappa shape index (κ3) is 5.93. The van der Waals surface area contributed by atoms with E-state index in [-0.39, 0.29) is 11.8 Å². The fourth-order valence-corrected chi connectivity index (χ4v) is 4.03. The van der Waals surface area contributed by atoms with Crippen molar-refractivity contribution in [2.45, 2.75) is 12.6 Å². The van der Waals surface area contributed by atoms with Crippen molar-refractivity contribution in [2.75, 3.05) is 39.8 Å². The van der Waals surface area contributed by atoms with Crippen LogP contribution in [0.5, 0.6) is 0 Å². The Morgan fingerprint density at radius 1 is 1.25 bits per heavy atom. The Balaban J connectivity index is 0.000000345. The number of halogens is 3.